The normalized spacial score (nSPS) is 22.3. The van der Waals surface area contributed by atoms with Crippen molar-refractivity contribution in [3.05, 3.63) is 17.5 Å². The lowest BCUT2D eigenvalue weighted by Crippen LogP contribution is -2.56. The lowest BCUT2D eigenvalue weighted by molar-refractivity contribution is -0.148. The van der Waals surface area contributed by atoms with Crippen molar-refractivity contribution >= 4 is 5.97 Å². The van der Waals surface area contributed by atoms with Gasteiger partial charge in [0.05, 0.1) is 24.8 Å². The van der Waals surface area contributed by atoms with E-state index < -0.39 is 29.5 Å². The Morgan fingerprint density at radius 1 is 1.52 bits per heavy atom. The van der Waals surface area contributed by atoms with Gasteiger partial charge in [0, 0.05) is 25.7 Å². The molecule has 1 saturated heterocycles. The van der Waals surface area contributed by atoms with Gasteiger partial charge in [0.1, 0.15) is 0 Å². The summed E-state index contributed by atoms with van der Waals surface area (Å²) < 4.78 is 45.0. The Hall–Kier alpha value is -1.61. The summed E-state index contributed by atoms with van der Waals surface area (Å²) in [7, 11) is 1.47. The first-order chi connectivity index (χ1) is 10.5. The molecule has 9 heteroatoms. The second kappa shape index (κ2) is 6.12. The molecule has 1 aromatic heterocycles. The van der Waals surface area contributed by atoms with Gasteiger partial charge >= 0.3 is 12.1 Å². The summed E-state index contributed by atoms with van der Waals surface area (Å²) in [5, 5.41) is 12.4. The average Bonchev–Trinajstić information content (AvgIpc) is 2.75. The van der Waals surface area contributed by atoms with Crippen molar-refractivity contribution in [1.29, 1.82) is 0 Å². The molecule has 1 atom stereocenters. The molecule has 0 bridgehead atoms. The van der Waals surface area contributed by atoms with Crippen LogP contribution in [0.5, 0.6) is 0 Å². The first-order valence-corrected chi connectivity index (χ1v) is 7.17. The number of aryl methyl sites for hydroxylation is 1. The molecule has 0 amide bonds. The minimum Gasteiger partial charge on any atom is -0.481 e. The number of ether oxygens (including phenoxy) is 1. The Labute approximate surface area is 131 Å². The van der Waals surface area contributed by atoms with E-state index in [1.165, 1.54) is 11.7 Å². The zero-order valence-electron chi connectivity index (χ0n) is 13.2. The smallest absolute Gasteiger partial charge is 0.435 e. The van der Waals surface area contributed by atoms with E-state index >= 15 is 0 Å². The van der Waals surface area contributed by atoms with E-state index in [1.807, 2.05) is 18.7 Å². The Kier molecular flexibility index (Phi) is 4.72. The molecule has 0 saturated carbocycles. The van der Waals surface area contributed by atoms with Gasteiger partial charge < -0.3 is 9.84 Å². The summed E-state index contributed by atoms with van der Waals surface area (Å²) in [4.78, 5) is 12.8. The van der Waals surface area contributed by atoms with Crippen LogP contribution in [0.3, 0.4) is 0 Å². The molecule has 1 N–H and O–H groups in total. The van der Waals surface area contributed by atoms with Crippen LogP contribution in [0.4, 0.5) is 13.2 Å². The van der Waals surface area contributed by atoms with E-state index in [2.05, 4.69) is 5.10 Å². The summed E-state index contributed by atoms with van der Waals surface area (Å²) >= 11 is 0. The van der Waals surface area contributed by atoms with Gasteiger partial charge in [-0.1, -0.05) is 0 Å². The predicted octanol–water partition coefficient (Wildman–Crippen LogP) is 1.89. The summed E-state index contributed by atoms with van der Waals surface area (Å²) in [5.41, 5.74) is -0.915. The lowest BCUT2D eigenvalue weighted by atomic mass is 9.99. The topological polar surface area (TPSA) is 67.6 Å². The lowest BCUT2D eigenvalue weighted by Gasteiger charge is -2.45. The van der Waals surface area contributed by atoms with Gasteiger partial charge in [-0.2, -0.15) is 18.3 Å². The number of carboxylic acid groups (broad SMARTS) is 1. The zero-order chi connectivity index (χ0) is 17.4. The summed E-state index contributed by atoms with van der Waals surface area (Å²) in [6.45, 7) is 4.71. The molecular formula is C14H20F3N3O3. The van der Waals surface area contributed by atoms with Crippen molar-refractivity contribution in [2.24, 2.45) is 7.05 Å². The molecule has 1 aliphatic rings. The molecule has 0 radical (unpaired) electrons. The van der Waals surface area contributed by atoms with E-state index in [0.717, 1.165) is 6.07 Å². The number of hydrogen-bond acceptors (Lipinski definition) is 4. The monoisotopic (exact) mass is 335 g/mol. The Morgan fingerprint density at radius 2 is 2.17 bits per heavy atom. The van der Waals surface area contributed by atoms with Gasteiger partial charge in [-0.25, -0.2) is 0 Å². The highest BCUT2D eigenvalue weighted by molar-refractivity contribution is 5.67. The Bertz CT molecular complexity index is 584. The second-order valence-corrected chi connectivity index (χ2v) is 6.37. The fraction of sp³-hybridized carbons (Fsp3) is 0.714. The molecule has 130 valence electrons. The number of halogens is 3. The van der Waals surface area contributed by atoms with Gasteiger partial charge in [-0.3, -0.25) is 14.4 Å². The van der Waals surface area contributed by atoms with Gasteiger partial charge in [-0.05, 0) is 19.9 Å². The fourth-order valence-electron chi connectivity index (χ4n) is 2.54. The van der Waals surface area contributed by atoms with Crippen LogP contribution in [0.25, 0.3) is 0 Å². The first-order valence-electron chi connectivity index (χ1n) is 7.17. The standard InChI is InChI=1S/C14H20F3N3O3/c1-13(2)8-23-10(5-12(21)22)7-20(13)6-9-4-11(14(15,16)17)18-19(9)3/h4,10H,5-8H2,1-3H3,(H,21,22). The number of alkyl halides is 3. The summed E-state index contributed by atoms with van der Waals surface area (Å²) in [6.07, 6.45) is -5.09. The fourth-order valence-corrected chi connectivity index (χ4v) is 2.54. The molecule has 1 aromatic rings. The summed E-state index contributed by atoms with van der Waals surface area (Å²) in [6, 6.07) is 1.03. The molecular weight excluding hydrogens is 315 g/mol. The highest BCUT2D eigenvalue weighted by Gasteiger charge is 2.38. The molecule has 2 rings (SSSR count). The molecule has 1 unspecified atom stereocenters. The predicted molar refractivity (Wildman–Crippen MR) is 74.7 cm³/mol. The number of nitrogens with zero attached hydrogens (tertiary/aromatic N) is 3. The molecule has 1 aliphatic heterocycles. The number of aromatic nitrogens is 2. The maximum Gasteiger partial charge on any atom is 0.435 e. The SMILES string of the molecule is Cn1nc(C(F)(F)F)cc1CN1CC(CC(=O)O)OCC1(C)C. The summed E-state index contributed by atoms with van der Waals surface area (Å²) in [5.74, 6) is -0.963. The van der Waals surface area contributed by atoms with E-state index in [-0.39, 0.29) is 13.0 Å². The van der Waals surface area contributed by atoms with Gasteiger partial charge in [0.25, 0.3) is 0 Å². The van der Waals surface area contributed by atoms with Crippen LogP contribution < -0.4 is 0 Å². The minimum atomic E-state index is -4.48. The number of morpholine rings is 1. The average molecular weight is 335 g/mol. The van der Waals surface area contributed by atoms with E-state index in [9.17, 15) is 18.0 Å². The van der Waals surface area contributed by atoms with Gasteiger partial charge in [-0.15, -0.1) is 0 Å². The maximum atomic E-state index is 12.7. The number of rotatable bonds is 4. The second-order valence-electron chi connectivity index (χ2n) is 6.37. The zero-order valence-corrected chi connectivity index (χ0v) is 13.2. The van der Waals surface area contributed by atoms with Crippen molar-refractivity contribution in [1.82, 2.24) is 14.7 Å². The van der Waals surface area contributed by atoms with Crippen LogP contribution in [0.1, 0.15) is 31.7 Å². The number of carboxylic acids is 1. The third kappa shape index (κ3) is 4.23. The van der Waals surface area contributed by atoms with E-state index in [0.29, 0.717) is 18.8 Å². The van der Waals surface area contributed by atoms with E-state index in [4.69, 9.17) is 9.84 Å². The third-order valence-corrected chi connectivity index (χ3v) is 3.97. The number of carbonyl (C=O) groups is 1. The largest absolute Gasteiger partial charge is 0.481 e. The third-order valence-electron chi connectivity index (χ3n) is 3.97. The number of aliphatic carboxylic acids is 1. The molecule has 0 aromatic carbocycles. The molecule has 0 aliphatic carbocycles. The van der Waals surface area contributed by atoms with Crippen molar-refractivity contribution in [3.63, 3.8) is 0 Å². The highest BCUT2D eigenvalue weighted by atomic mass is 19.4. The van der Waals surface area contributed by atoms with Crippen molar-refractivity contribution in [2.75, 3.05) is 13.2 Å². The minimum absolute atomic E-state index is 0.133. The van der Waals surface area contributed by atoms with Gasteiger partial charge in [0.15, 0.2) is 5.69 Å². The van der Waals surface area contributed by atoms with E-state index in [1.54, 1.807) is 0 Å². The molecule has 6 nitrogen and oxygen atoms in total. The Balaban J connectivity index is 2.16. The molecule has 2 heterocycles. The maximum absolute atomic E-state index is 12.7. The molecule has 1 fully saturated rings. The molecule has 0 spiro atoms. The van der Waals surface area contributed by atoms with Crippen LogP contribution in [0.2, 0.25) is 0 Å². The quantitative estimate of drug-likeness (QED) is 0.910. The van der Waals surface area contributed by atoms with Crippen molar-refractivity contribution < 1.29 is 27.8 Å². The molecule has 23 heavy (non-hydrogen) atoms. The highest BCUT2D eigenvalue weighted by Crippen LogP contribution is 2.30. The van der Waals surface area contributed by atoms with Crippen LogP contribution in [0.15, 0.2) is 6.07 Å². The number of hydrogen-bond donors (Lipinski definition) is 1. The van der Waals surface area contributed by atoms with Crippen LogP contribution in [-0.2, 0) is 29.3 Å². The van der Waals surface area contributed by atoms with Crippen molar-refractivity contribution in [3.8, 4) is 0 Å². The van der Waals surface area contributed by atoms with Crippen LogP contribution in [0, 0.1) is 0 Å². The van der Waals surface area contributed by atoms with Crippen LogP contribution >= 0.6 is 0 Å². The Morgan fingerprint density at radius 3 is 2.70 bits per heavy atom. The van der Waals surface area contributed by atoms with Gasteiger partial charge in [0.2, 0.25) is 0 Å². The van der Waals surface area contributed by atoms with Crippen LogP contribution in [-0.4, -0.2) is 50.6 Å². The van der Waals surface area contributed by atoms with Crippen molar-refractivity contribution in [2.45, 2.75) is 44.6 Å². The first kappa shape index (κ1) is 17.7.